The summed E-state index contributed by atoms with van der Waals surface area (Å²) in [6.07, 6.45) is 3.44. The number of hydrogen-bond donors (Lipinski definition) is 2. The molecule has 2 N–H and O–H groups in total. The number of thioether (sulfide) groups is 1. The summed E-state index contributed by atoms with van der Waals surface area (Å²) >= 11 is 1.28. The number of pyridine rings is 1. The highest BCUT2D eigenvalue weighted by atomic mass is 32.2. The van der Waals surface area contributed by atoms with Gasteiger partial charge in [-0.05, 0) is 24.6 Å². The van der Waals surface area contributed by atoms with Crippen LogP contribution in [0.3, 0.4) is 0 Å². The standard InChI is InChI=1S/C20H22N6O2S/c1-2-22-17(27)12-23-18(28)14-29-20-25-24-19(16-9-6-10-21-11-16)26(20)13-15-7-4-3-5-8-15/h3-11H,2,12-14H2,1H3,(H,22,27)(H,23,28). The van der Waals surface area contributed by atoms with Crippen LogP contribution in [-0.4, -0.2) is 50.4 Å². The zero-order valence-electron chi connectivity index (χ0n) is 16.0. The van der Waals surface area contributed by atoms with Crippen molar-refractivity contribution in [2.24, 2.45) is 0 Å². The van der Waals surface area contributed by atoms with Crippen molar-refractivity contribution in [1.29, 1.82) is 0 Å². The van der Waals surface area contributed by atoms with E-state index in [9.17, 15) is 9.59 Å². The molecule has 0 atom stereocenters. The van der Waals surface area contributed by atoms with Crippen LogP contribution in [0.5, 0.6) is 0 Å². The van der Waals surface area contributed by atoms with Crippen LogP contribution in [0, 0.1) is 0 Å². The van der Waals surface area contributed by atoms with E-state index < -0.39 is 0 Å². The molecule has 0 aliphatic heterocycles. The van der Waals surface area contributed by atoms with Gasteiger partial charge < -0.3 is 10.6 Å². The summed E-state index contributed by atoms with van der Waals surface area (Å²) in [4.78, 5) is 27.7. The Morgan fingerprint density at radius 2 is 1.86 bits per heavy atom. The number of benzene rings is 1. The van der Waals surface area contributed by atoms with Crippen molar-refractivity contribution in [3.8, 4) is 11.4 Å². The summed E-state index contributed by atoms with van der Waals surface area (Å²) in [6, 6.07) is 13.7. The molecule has 0 unspecified atom stereocenters. The number of amides is 2. The maximum absolute atomic E-state index is 12.1. The van der Waals surface area contributed by atoms with Crippen molar-refractivity contribution in [3.05, 3.63) is 60.4 Å². The number of hydrogen-bond acceptors (Lipinski definition) is 6. The largest absolute Gasteiger partial charge is 0.355 e. The van der Waals surface area contributed by atoms with Crippen LogP contribution in [0.1, 0.15) is 12.5 Å². The molecule has 2 heterocycles. The number of carbonyl (C=O) groups excluding carboxylic acids is 2. The summed E-state index contributed by atoms with van der Waals surface area (Å²) in [7, 11) is 0. The molecule has 150 valence electrons. The van der Waals surface area contributed by atoms with Gasteiger partial charge in [0.25, 0.3) is 0 Å². The number of carbonyl (C=O) groups is 2. The third-order valence-electron chi connectivity index (χ3n) is 3.97. The molecule has 1 aromatic carbocycles. The van der Waals surface area contributed by atoms with Crippen molar-refractivity contribution in [2.75, 3.05) is 18.8 Å². The molecule has 0 radical (unpaired) electrons. The summed E-state index contributed by atoms with van der Waals surface area (Å²) in [5, 5.41) is 14.5. The molecule has 3 aromatic rings. The SMILES string of the molecule is CCNC(=O)CNC(=O)CSc1nnc(-c2cccnc2)n1Cc1ccccc1. The van der Waals surface area contributed by atoms with E-state index in [0.29, 0.717) is 24.1 Å². The summed E-state index contributed by atoms with van der Waals surface area (Å²) in [5.41, 5.74) is 1.95. The Labute approximate surface area is 173 Å². The van der Waals surface area contributed by atoms with Gasteiger partial charge in [0, 0.05) is 24.5 Å². The Morgan fingerprint density at radius 3 is 2.59 bits per heavy atom. The first-order valence-corrected chi connectivity index (χ1v) is 10.2. The summed E-state index contributed by atoms with van der Waals surface area (Å²) < 4.78 is 1.97. The lowest BCUT2D eigenvalue weighted by Crippen LogP contribution is -2.37. The Hall–Kier alpha value is -3.20. The van der Waals surface area contributed by atoms with Crippen LogP contribution >= 0.6 is 11.8 Å². The maximum Gasteiger partial charge on any atom is 0.239 e. The zero-order chi connectivity index (χ0) is 20.5. The Morgan fingerprint density at radius 1 is 1.03 bits per heavy atom. The number of nitrogens with one attached hydrogen (secondary N) is 2. The Bertz CT molecular complexity index is 946. The molecule has 0 aliphatic rings. The Balaban J connectivity index is 1.73. The van der Waals surface area contributed by atoms with Crippen LogP contribution in [-0.2, 0) is 16.1 Å². The molecule has 0 bridgehead atoms. The van der Waals surface area contributed by atoms with Gasteiger partial charge in [-0.25, -0.2) is 0 Å². The van der Waals surface area contributed by atoms with E-state index in [4.69, 9.17) is 0 Å². The van der Waals surface area contributed by atoms with Gasteiger partial charge in [0.05, 0.1) is 18.8 Å². The van der Waals surface area contributed by atoms with E-state index >= 15 is 0 Å². The molecule has 0 saturated heterocycles. The first kappa shape index (κ1) is 20.5. The van der Waals surface area contributed by atoms with Crippen LogP contribution < -0.4 is 10.6 Å². The molecule has 3 rings (SSSR count). The number of aromatic nitrogens is 4. The fraction of sp³-hybridized carbons (Fsp3) is 0.250. The Kier molecular flexibility index (Phi) is 7.34. The highest BCUT2D eigenvalue weighted by Crippen LogP contribution is 2.24. The highest BCUT2D eigenvalue weighted by Gasteiger charge is 2.16. The maximum atomic E-state index is 12.1. The summed E-state index contributed by atoms with van der Waals surface area (Å²) in [6.45, 7) is 2.89. The minimum atomic E-state index is -0.238. The molecule has 2 aromatic heterocycles. The minimum absolute atomic E-state index is 0.0368. The normalized spacial score (nSPS) is 10.5. The smallest absolute Gasteiger partial charge is 0.239 e. The second-order valence-electron chi connectivity index (χ2n) is 6.14. The average molecular weight is 411 g/mol. The second kappa shape index (κ2) is 10.4. The van der Waals surface area contributed by atoms with Crippen molar-refractivity contribution < 1.29 is 9.59 Å². The molecule has 0 aliphatic carbocycles. The topological polar surface area (TPSA) is 102 Å². The lowest BCUT2D eigenvalue weighted by Gasteiger charge is -2.10. The van der Waals surface area contributed by atoms with Crippen molar-refractivity contribution in [1.82, 2.24) is 30.4 Å². The molecule has 29 heavy (non-hydrogen) atoms. The van der Waals surface area contributed by atoms with Gasteiger partial charge in [-0.2, -0.15) is 0 Å². The molecule has 2 amide bonds. The van der Waals surface area contributed by atoms with Crippen LogP contribution in [0.4, 0.5) is 0 Å². The molecule has 0 saturated carbocycles. The fourth-order valence-corrected chi connectivity index (χ4v) is 3.40. The molecule has 8 nitrogen and oxygen atoms in total. The highest BCUT2D eigenvalue weighted by molar-refractivity contribution is 7.99. The average Bonchev–Trinajstić information content (AvgIpc) is 3.14. The zero-order valence-corrected chi connectivity index (χ0v) is 16.9. The number of rotatable bonds is 9. The number of likely N-dealkylation sites (N-methyl/N-ethyl adjacent to an activating group) is 1. The van der Waals surface area contributed by atoms with Gasteiger partial charge in [-0.3, -0.25) is 19.1 Å². The van der Waals surface area contributed by atoms with Crippen molar-refractivity contribution in [3.63, 3.8) is 0 Å². The first-order chi connectivity index (χ1) is 14.2. The predicted octanol–water partition coefficient (Wildman–Crippen LogP) is 1.73. The van der Waals surface area contributed by atoms with E-state index in [1.165, 1.54) is 11.8 Å². The van der Waals surface area contributed by atoms with Crippen molar-refractivity contribution in [2.45, 2.75) is 18.6 Å². The molecule has 0 spiro atoms. The molecular formula is C20H22N6O2S. The van der Waals surface area contributed by atoms with E-state index in [1.807, 2.05) is 54.0 Å². The molecule has 9 heteroatoms. The van der Waals surface area contributed by atoms with Crippen LogP contribution in [0.15, 0.2) is 60.0 Å². The van der Waals surface area contributed by atoms with Crippen LogP contribution in [0.25, 0.3) is 11.4 Å². The van der Waals surface area contributed by atoms with E-state index in [2.05, 4.69) is 25.8 Å². The second-order valence-corrected chi connectivity index (χ2v) is 7.08. The number of nitrogens with zero attached hydrogens (tertiary/aromatic N) is 4. The molecular weight excluding hydrogens is 388 g/mol. The fourth-order valence-electron chi connectivity index (χ4n) is 2.63. The van der Waals surface area contributed by atoms with Crippen molar-refractivity contribution >= 4 is 23.6 Å². The van der Waals surface area contributed by atoms with Gasteiger partial charge in [-0.15, -0.1) is 10.2 Å². The van der Waals surface area contributed by atoms with Gasteiger partial charge in [-0.1, -0.05) is 42.1 Å². The van der Waals surface area contributed by atoms with E-state index in [0.717, 1.165) is 11.1 Å². The first-order valence-electron chi connectivity index (χ1n) is 9.21. The third kappa shape index (κ3) is 5.89. The van der Waals surface area contributed by atoms with E-state index in [-0.39, 0.29) is 24.1 Å². The quantitative estimate of drug-likeness (QED) is 0.521. The van der Waals surface area contributed by atoms with Gasteiger partial charge in [0.2, 0.25) is 11.8 Å². The minimum Gasteiger partial charge on any atom is -0.355 e. The van der Waals surface area contributed by atoms with Crippen LogP contribution in [0.2, 0.25) is 0 Å². The predicted molar refractivity (Wildman–Crippen MR) is 111 cm³/mol. The molecule has 0 fully saturated rings. The summed E-state index contributed by atoms with van der Waals surface area (Å²) in [5.74, 6) is 0.377. The third-order valence-corrected chi connectivity index (χ3v) is 4.94. The van der Waals surface area contributed by atoms with Gasteiger partial charge >= 0.3 is 0 Å². The monoisotopic (exact) mass is 410 g/mol. The lowest BCUT2D eigenvalue weighted by atomic mass is 10.2. The lowest BCUT2D eigenvalue weighted by molar-refractivity contribution is -0.124. The van der Waals surface area contributed by atoms with Gasteiger partial charge in [0.1, 0.15) is 0 Å². The van der Waals surface area contributed by atoms with E-state index in [1.54, 1.807) is 12.4 Å². The van der Waals surface area contributed by atoms with Gasteiger partial charge in [0.15, 0.2) is 11.0 Å².